The Morgan fingerprint density at radius 2 is 1.73 bits per heavy atom. The number of carbonyl (C=O) groups is 1. The van der Waals surface area contributed by atoms with E-state index in [1.807, 2.05) is 25.9 Å². The molecular weight excluding hydrogens is 562 g/mol. The number of urea groups is 1. The smallest absolute Gasteiger partial charge is 0.313 e. The zero-order chi connectivity index (χ0) is 29.9. The molecule has 0 aliphatic rings. The number of fused-ring (bicyclic) bond motifs is 1. The number of nitrogens with one attached hydrogen (secondary N) is 1. The second-order valence-electron chi connectivity index (χ2n) is 9.65. The van der Waals surface area contributed by atoms with E-state index >= 15 is 0 Å². The molecule has 41 heavy (non-hydrogen) atoms. The summed E-state index contributed by atoms with van der Waals surface area (Å²) in [6, 6.07) is 13.4. The van der Waals surface area contributed by atoms with Crippen LogP contribution < -0.4 is 10.9 Å². The first-order chi connectivity index (χ1) is 19.4. The van der Waals surface area contributed by atoms with Crippen LogP contribution in [-0.4, -0.2) is 52.6 Å². The standard InChI is InChI=1S/C29H28ClF4N5O2/c1-4-25(38(16-15-37(2)3)28(41)35-19-11-9-18(10-12-19)29(32,33)34)26-36-24-8-6-5-7-21(24)27(40)39(26)20-13-14-23(31)22(30)17-20/h5-14,17,25H,4,15-16H2,1-3H3,(H,35,41)/t25-/m0/s1. The molecule has 0 unspecified atom stereocenters. The van der Waals surface area contributed by atoms with Crippen LogP contribution in [0.4, 0.5) is 28.0 Å². The molecule has 0 aliphatic carbocycles. The number of halogens is 5. The van der Waals surface area contributed by atoms with Gasteiger partial charge in [0.25, 0.3) is 5.56 Å². The van der Waals surface area contributed by atoms with Crippen LogP contribution in [0.5, 0.6) is 0 Å². The number of carbonyl (C=O) groups excluding carboxylic acids is 1. The molecule has 12 heteroatoms. The molecule has 0 fully saturated rings. The minimum atomic E-state index is -4.51. The van der Waals surface area contributed by atoms with E-state index in [1.165, 1.54) is 33.7 Å². The number of hydrogen-bond donors (Lipinski definition) is 1. The number of hydrogen-bond acceptors (Lipinski definition) is 4. The van der Waals surface area contributed by atoms with Crippen LogP contribution in [0, 0.1) is 5.82 Å². The molecule has 1 atom stereocenters. The number of likely N-dealkylation sites (N-methyl/N-ethyl adjacent to an activating group) is 1. The van der Waals surface area contributed by atoms with E-state index in [0.29, 0.717) is 23.9 Å². The fourth-order valence-corrected chi connectivity index (χ4v) is 4.61. The number of rotatable bonds is 8. The highest BCUT2D eigenvalue weighted by Crippen LogP contribution is 2.31. The third-order valence-electron chi connectivity index (χ3n) is 6.54. The normalized spacial score (nSPS) is 12.5. The van der Waals surface area contributed by atoms with Gasteiger partial charge in [-0.15, -0.1) is 0 Å². The Hall–Kier alpha value is -3.96. The number of alkyl halides is 3. The largest absolute Gasteiger partial charge is 0.416 e. The van der Waals surface area contributed by atoms with E-state index in [9.17, 15) is 27.2 Å². The Bertz CT molecular complexity index is 1610. The van der Waals surface area contributed by atoms with Gasteiger partial charge in [0, 0.05) is 18.8 Å². The van der Waals surface area contributed by atoms with Gasteiger partial charge >= 0.3 is 12.2 Å². The first-order valence-corrected chi connectivity index (χ1v) is 13.1. The SMILES string of the molecule is CC[C@@H](c1nc2ccccc2c(=O)n1-c1ccc(F)c(Cl)c1)N(CCN(C)C)C(=O)Nc1ccc(C(F)(F)F)cc1. The lowest BCUT2D eigenvalue weighted by atomic mass is 10.1. The van der Waals surface area contributed by atoms with Crippen molar-refractivity contribution in [3.8, 4) is 5.69 Å². The van der Waals surface area contributed by atoms with E-state index in [-0.39, 0.29) is 28.8 Å². The third kappa shape index (κ3) is 6.68. The molecule has 1 heterocycles. The molecule has 0 saturated carbocycles. The molecule has 216 valence electrons. The van der Waals surface area contributed by atoms with Crippen LogP contribution in [0.2, 0.25) is 5.02 Å². The molecular formula is C29H28ClF4N5O2. The molecule has 4 rings (SSSR count). The first kappa shape index (κ1) is 30.0. The van der Waals surface area contributed by atoms with Crippen LogP contribution in [0.3, 0.4) is 0 Å². The Morgan fingerprint density at radius 3 is 2.34 bits per heavy atom. The van der Waals surface area contributed by atoms with Crippen LogP contribution in [0.25, 0.3) is 16.6 Å². The van der Waals surface area contributed by atoms with Crippen molar-refractivity contribution in [2.24, 2.45) is 0 Å². The summed E-state index contributed by atoms with van der Waals surface area (Å²) < 4.78 is 54.4. The van der Waals surface area contributed by atoms with Gasteiger partial charge in [-0.2, -0.15) is 13.2 Å². The third-order valence-corrected chi connectivity index (χ3v) is 6.83. The average molecular weight is 590 g/mol. The maximum atomic E-state index is 14.0. The van der Waals surface area contributed by atoms with Crippen LogP contribution in [0.1, 0.15) is 30.8 Å². The molecule has 3 aromatic carbocycles. The predicted molar refractivity (Wildman–Crippen MR) is 151 cm³/mol. The molecule has 2 amide bonds. The first-order valence-electron chi connectivity index (χ1n) is 12.8. The summed E-state index contributed by atoms with van der Waals surface area (Å²) in [5.41, 5.74) is -0.423. The Morgan fingerprint density at radius 1 is 1.05 bits per heavy atom. The van der Waals surface area contributed by atoms with E-state index in [2.05, 4.69) is 5.32 Å². The zero-order valence-corrected chi connectivity index (χ0v) is 23.3. The fourth-order valence-electron chi connectivity index (χ4n) is 4.43. The Labute approximate surface area is 239 Å². The van der Waals surface area contributed by atoms with E-state index in [0.717, 1.165) is 18.2 Å². The van der Waals surface area contributed by atoms with Crippen molar-refractivity contribution in [2.45, 2.75) is 25.6 Å². The van der Waals surface area contributed by atoms with Crippen molar-refractivity contribution in [3.05, 3.63) is 99.3 Å². The molecule has 0 spiro atoms. The second-order valence-corrected chi connectivity index (χ2v) is 10.1. The molecule has 7 nitrogen and oxygen atoms in total. The van der Waals surface area contributed by atoms with Gasteiger partial charge < -0.3 is 15.1 Å². The van der Waals surface area contributed by atoms with Gasteiger partial charge in [-0.25, -0.2) is 14.2 Å². The lowest BCUT2D eigenvalue weighted by Gasteiger charge is -2.33. The van der Waals surface area contributed by atoms with Crippen molar-refractivity contribution in [2.75, 3.05) is 32.5 Å². The van der Waals surface area contributed by atoms with Gasteiger partial charge in [0.1, 0.15) is 11.6 Å². The van der Waals surface area contributed by atoms with E-state index in [1.54, 1.807) is 24.3 Å². The second kappa shape index (κ2) is 12.3. The summed E-state index contributed by atoms with van der Waals surface area (Å²) in [5.74, 6) is -0.436. The summed E-state index contributed by atoms with van der Waals surface area (Å²) in [6.07, 6.45) is -4.18. The lowest BCUT2D eigenvalue weighted by molar-refractivity contribution is -0.137. The number of amides is 2. The average Bonchev–Trinajstić information content (AvgIpc) is 2.92. The topological polar surface area (TPSA) is 70.5 Å². The van der Waals surface area contributed by atoms with E-state index < -0.39 is 35.2 Å². The van der Waals surface area contributed by atoms with Gasteiger partial charge in [0.2, 0.25) is 0 Å². The summed E-state index contributed by atoms with van der Waals surface area (Å²) in [7, 11) is 3.66. The van der Waals surface area contributed by atoms with Crippen molar-refractivity contribution in [3.63, 3.8) is 0 Å². The molecule has 4 aromatic rings. The van der Waals surface area contributed by atoms with Crippen LogP contribution in [-0.2, 0) is 6.18 Å². The zero-order valence-electron chi connectivity index (χ0n) is 22.5. The monoisotopic (exact) mass is 589 g/mol. The van der Waals surface area contributed by atoms with Crippen molar-refractivity contribution >= 4 is 34.2 Å². The van der Waals surface area contributed by atoms with Gasteiger partial charge in [0.05, 0.1) is 33.2 Å². The number of benzene rings is 3. The summed E-state index contributed by atoms with van der Waals surface area (Å²) >= 11 is 6.07. The molecule has 0 aliphatic heterocycles. The number of aromatic nitrogens is 2. The number of nitrogens with zero attached hydrogens (tertiary/aromatic N) is 4. The minimum absolute atomic E-state index is 0.168. The highest BCUT2D eigenvalue weighted by molar-refractivity contribution is 6.30. The quantitative estimate of drug-likeness (QED) is 0.231. The van der Waals surface area contributed by atoms with Crippen LogP contribution in [0.15, 0.2) is 71.5 Å². The molecule has 0 saturated heterocycles. The molecule has 0 radical (unpaired) electrons. The fraction of sp³-hybridized carbons (Fsp3) is 0.276. The number of para-hydroxylation sites is 1. The predicted octanol–water partition coefficient (Wildman–Crippen LogP) is 6.74. The van der Waals surface area contributed by atoms with Gasteiger partial charge in [-0.3, -0.25) is 9.36 Å². The number of anilines is 1. The van der Waals surface area contributed by atoms with Gasteiger partial charge in [-0.1, -0.05) is 30.7 Å². The summed E-state index contributed by atoms with van der Waals surface area (Å²) in [6.45, 7) is 2.46. The van der Waals surface area contributed by atoms with E-state index in [4.69, 9.17) is 16.6 Å². The molecule has 1 N–H and O–H groups in total. The Balaban J connectivity index is 1.83. The minimum Gasteiger partial charge on any atom is -0.313 e. The van der Waals surface area contributed by atoms with Crippen molar-refractivity contribution < 1.29 is 22.4 Å². The highest BCUT2D eigenvalue weighted by Gasteiger charge is 2.31. The summed E-state index contributed by atoms with van der Waals surface area (Å²) in [4.78, 5) is 35.6. The van der Waals surface area contributed by atoms with Gasteiger partial charge in [0.15, 0.2) is 0 Å². The maximum Gasteiger partial charge on any atom is 0.416 e. The maximum absolute atomic E-state index is 14.0. The lowest BCUT2D eigenvalue weighted by Crippen LogP contribution is -2.43. The molecule has 1 aromatic heterocycles. The van der Waals surface area contributed by atoms with Crippen molar-refractivity contribution in [1.82, 2.24) is 19.4 Å². The molecule has 0 bridgehead atoms. The summed E-state index contributed by atoms with van der Waals surface area (Å²) in [5, 5.41) is 2.80. The van der Waals surface area contributed by atoms with Crippen molar-refractivity contribution in [1.29, 1.82) is 0 Å². The van der Waals surface area contributed by atoms with Gasteiger partial charge in [-0.05, 0) is 75.1 Å². The highest BCUT2D eigenvalue weighted by atomic mass is 35.5. The van der Waals surface area contributed by atoms with Crippen LogP contribution >= 0.6 is 11.6 Å². The Kier molecular flexibility index (Phi) is 8.98.